The van der Waals surface area contributed by atoms with Gasteiger partial charge in [0.25, 0.3) is 0 Å². The first-order valence-electron chi connectivity index (χ1n) is 12.9. The van der Waals surface area contributed by atoms with Gasteiger partial charge in [-0.1, -0.05) is 18.2 Å². The van der Waals surface area contributed by atoms with Crippen LogP contribution in [0.4, 0.5) is 0 Å². The molecule has 1 aromatic carbocycles. The fourth-order valence-electron chi connectivity index (χ4n) is 4.04. The standard InChI is InChI=1S/C26H34N6O10/c27-15(5-9-21(34)35)23(38)32-19(11-13-12-29-16-4-2-1-3-14(13)16)25(40)30-17(6-8-20(28)33)24(39)31-18(26(41)42)7-10-22(36)37/h1-4,12,15,17-19,29H,5-11,27H2,(H2,28,33)(H,30,40)(H,31,39)(H,32,38)(H,34,35)(H,36,37)(H,41,42). The monoisotopic (exact) mass is 590 g/mol. The number of aromatic nitrogens is 1. The second kappa shape index (κ2) is 15.7. The Morgan fingerprint density at radius 3 is 1.90 bits per heavy atom. The van der Waals surface area contributed by atoms with Crippen LogP contribution in [0.5, 0.6) is 0 Å². The summed E-state index contributed by atoms with van der Waals surface area (Å²) in [5.41, 5.74) is 12.4. The van der Waals surface area contributed by atoms with Crippen LogP contribution in [0.25, 0.3) is 10.9 Å². The van der Waals surface area contributed by atoms with Crippen molar-refractivity contribution in [1.29, 1.82) is 0 Å². The topological polar surface area (TPSA) is 284 Å². The highest BCUT2D eigenvalue weighted by Gasteiger charge is 2.31. The number of nitrogens with two attached hydrogens (primary N) is 2. The van der Waals surface area contributed by atoms with E-state index in [9.17, 15) is 38.7 Å². The van der Waals surface area contributed by atoms with E-state index in [1.54, 1.807) is 30.5 Å². The molecule has 2 aromatic rings. The van der Waals surface area contributed by atoms with Crippen molar-refractivity contribution < 1.29 is 48.9 Å². The molecule has 0 aliphatic carbocycles. The molecule has 42 heavy (non-hydrogen) atoms. The number of hydrogen-bond donors (Lipinski definition) is 9. The maximum absolute atomic E-state index is 13.5. The number of hydrogen-bond acceptors (Lipinski definition) is 8. The van der Waals surface area contributed by atoms with E-state index in [1.165, 1.54) is 0 Å². The number of carbonyl (C=O) groups is 7. The fourth-order valence-corrected chi connectivity index (χ4v) is 4.04. The molecule has 16 nitrogen and oxygen atoms in total. The van der Waals surface area contributed by atoms with Gasteiger partial charge in [0.05, 0.1) is 6.04 Å². The molecule has 0 saturated carbocycles. The highest BCUT2D eigenvalue weighted by Crippen LogP contribution is 2.19. The number of carboxylic acid groups (broad SMARTS) is 3. The predicted molar refractivity (Wildman–Crippen MR) is 146 cm³/mol. The molecule has 0 aliphatic heterocycles. The average Bonchev–Trinajstić information content (AvgIpc) is 3.33. The maximum Gasteiger partial charge on any atom is 0.326 e. The van der Waals surface area contributed by atoms with Gasteiger partial charge in [0.15, 0.2) is 0 Å². The van der Waals surface area contributed by atoms with Crippen LogP contribution in [-0.2, 0) is 40.0 Å². The number of carbonyl (C=O) groups excluding carboxylic acids is 4. The van der Waals surface area contributed by atoms with Crippen molar-refractivity contribution in [3.05, 3.63) is 36.0 Å². The Hall–Kier alpha value is -4.99. The Morgan fingerprint density at radius 2 is 1.29 bits per heavy atom. The van der Waals surface area contributed by atoms with E-state index >= 15 is 0 Å². The molecule has 11 N–H and O–H groups in total. The van der Waals surface area contributed by atoms with Crippen LogP contribution in [-0.4, -0.2) is 86.0 Å². The van der Waals surface area contributed by atoms with Crippen molar-refractivity contribution in [2.75, 3.05) is 0 Å². The van der Waals surface area contributed by atoms with Gasteiger partial charge in [-0.25, -0.2) is 4.79 Å². The number of amides is 4. The van der Waals surface area contributed by atoms with Crippen LogP contribution < -0.4 is 27.4 Å². The summed E-state index contributed by atoms with van der Waals surface area (Å²) in [6.45, 7) is 0. The van der Waals surface area contributed by atoms with E-state index in [4.69, 9.17) is 21.7 Å². The van der Waals surface area contributed by atoms with Crippen LogP contribution in [0.1, 0.15) is 44.1 Å². The number of nitrogens with one attached hydrogen (secondary N) is 4. The van der Waals surface area contributed by atoms with Gasteiger partial charge in [-0.3, -0.25) is 28.8 Å². The Labute approximate surface area is 239 Å². The minimum absolute atomic E-state index is 0.0895. The SMILES string of the molecule is NC(=O)CCC(NC(=O)C(Cc1c[nH]c2ccccc12)NC(=O)C(N)CCC(=O)O)C(=O)NC(CCC(=O)O)C(=O)O. The van der Waals surface area contributed by atoms with Crippen molar-refractivity contribution in [3.63, 3.8) is 0 Å². The molecule has 4 amide bonds. The lowest BCUT2D eigenvalue weighted by atomic mass is 10.0. The van der Waals surface area contributed by atoms with E-state index < -0.39 is 85.0 Å². The number of benzene rings is 1. The normalized spacial score (nSPS) is 13.7. The van der Waals surface area contributed by atoms with Crippen LogP contribution in [0, 0.1) is 0 Å². The number of primary amides is 1. The molecule has 4 atom stereocenters. The predicted octanol–water partition coefficient (Wildman–Crippen LogP) is -1.43. The first-order valence-corrected chi connectivity index (χ1v) is 12.9. The van der Waals surface area contributed by atoms with E-state index in [0.717, 1.165) is 10.9 Å². The molecule has 0 fully saturated rings. The van der Waals surface area contributed by atoms with Gasteiger partial charge in [-0.2, -0.15) is 0 Å². The van der Waals surface area contributed by atoms with E-state index in [0.29, 0.717) is 5.56 Å². The lowest BCUT2D eigenvalue weighted by molar-refractivity contribution is -0.143. The first-order chi connectivity index (χ1) is 19.8. The maximum atomic E-state index is 13.5. The Balaban J connectivity index is 2.30. The zero-order chi connectivity index (χ0) is 31.4. The van der Waals surface area contributed by atoms with Crippen molar-refractivity contribution in [3.8, 4) is 0 Å². The van der Waals surface area contributed by atoms with Crippen LogP contribution in [0.15, 0.2) is 30.5 Å². The second-order valence-corrected chi connectivity index (χ2v) is 9.56. The van der Waals surface area contributed by atoms with Gasteiger partial charge >= 0.3 is 17.9 Å². The molecule has 0 aliphatic rings. The highest BCUT2D eigenvalue weighted by molar-refractivity contribution is 5.95. The molecule has 0 spiro atoms. The molecule has 228 valence electrons. The van der Waals surface area contributed by atoms with Gasteiger partial charge in [0, 0.05) is 42.8 Å². The minimum atomic E-state index is -1.60. The largest absolute Gasteiger partial charge is 0.481 e. The third-order valence-corrected chi connectivity index (χ3v) is 6.31. The van der Waals surface area contributed by atoms with E-state index in [1.807, 2.05) is 0 Å². The second-order valence-electron chi connectivity index (χ2n) is 9.56. The fraction of sp³-hybridized carbons (Fsp3) is 0.423. The number of para-hydroxylation sites is 1. The molecule has 2 rings (SSSR count). The third-order valence-electron chi connectivity index (χ3n) is 6.31. The summed E-state index contributed by atoms with van der Waals surface area (Å²) in [4.78, 5) is 87.0. The van der Waals surface area contributed by atoms with Gasteiger partial charge in [-0.05, 0) is 30.9 Å². The molecular weight excluding hydrogens is 556 g/mol. The number of carboxylic acids is 3. The van der Waals surface area contributed by atoms with Crippen molar-refractivity contribution in [1.82, 2.24) is 20.9 Å². The average molecular weight is 591 g/mol. The molecule has 1 heterocycles. The number of fused-ring (bicyclic) bond motifs is 1. The van der Waals surface area contributed by atoms with Crippen LogP contribution in [0.2, 0.25) is 0 Å². The minimum Gasteiger partial charge on any atom is -0.481 e. The van der Waals surface area contributed by atoms with Crippen LogP contribution >= 0.6 is 0 Å². The number of aromatic amines is 1. The Bertz CT molecular complexity index is 1330. The zero-order valence-electron chi connectivity index (χ0n) is 22.5. The van der Waals surface area contributed by atoms with Gasteiger partial charge in [0.2, 0.25) is 23.6 Å². The Kier molecular flexibility index (Phi) is 12.4. The quantitative estimate of drug-likeness (QED) is 0.0970. The summed E-state index contributed by atoms with van der Waals surface area (Å²) in [5.74, 6) is -7.50. The lowest BCUT2D eigenvalue weighted by Crippen LogP contribution is -2.57. The summed E-state index contributed by atoms with van der Waals surface area (Å²) >= 11 is 0. The van der Waals surface area contributed by atoms with Gasteiger partial charge < -0.3 is 47.7 Å². The molecule has 4 unspecified atom stereocenters. The van der Waals surface area contributed by atoms with Gasteiger partial charge in [-0.15, -0.1) is 0 Å². The number of H-pyrrole nitrogens is 1. The highest BCUT2D eigenvalue weighted by atomic mass is 16.4. The number of rotatable bonds is 18. The number of aliphatic carboxylic acids is 3. The third kappa shape index (κ3) is 10.5. The van der Waals surface area contributed by atoms with Crippen molar-refractivity contribution >= 4 is 52.4 Å². The Morgan fingerprint density at radius 1 is 0.738 bits per heavy atom. The smallest absolute Gasteiger partial charge is 0.326 e. The van der Waals surface area contributed by atoms with Gasteiger partial charge in [0.1, 0.15) is 18.1 Å². The molecule has 0 radical (unpaired) electrons. The lowest BCUT2D eigenvalue weighted by Gasteiger charge is -2.25. The molecule has 1 aromatic heterocycles. The van der Waals surface area contributed by atoms with Crippen molar-refractivity contribution in [2.45, 2.75) is 69.1 Å². The first kappa shape index (κ1) is 33.2. The molecule has 0 saturated heterocycles. The van der Waals surface area contributed by atoms with E-state index in [2.05, 4.69) is 20.9 Å². The zero-order valence-corrected chi connectivity index (χ0v) is 22.5. The summed E-state index contributed by atoms with van der Waals surface area (Å²) in [6.07, 6.45) is -0.771. The summed E-state index contributed by atoms with van der Waals surface area (Å²) in [6, 6.07) is 1.44. The summed E-state index contributed by atoms with van der Waals surface area (Å²) in [5, 5.41) is 34.9. The summed E-state index contributed by atoms with van der Waals surface area (Å²) < 4.78 is 0. The molecule has 0 bridgehead atoms. The van der Waals surface area contributed by atoms with E-state index in [-0.39, 0.29) is 25.7 Å². The molecule has 16 heteroatoms. The van der Waals surface area contributed by atoms with Crippen LogP contribution in [0.3, 0.4) is 0 Å². The van der Waals surface area contributed by atoms with Crippen molar-refractivity contribution in [2.24, 2.45) is 11.5 Å². The summed E-state index contributed by atoms with van der Waals surface area (Å²) in [7, 11) is 0. The molecular formula is C26H34N6O10.